The summed E-state index contributed by atoms with van der Waals surface area (Å²) in [5.41, 5.74) is -0.839. The van der Waals surface area contributed by atoms with Crippen LogP contribution in [0.25, 0.3) is 0 Å². The standard InChI is InChI=1S/C15H16N2O4/c16-9-11-5-1-2-6-12(11)21-10-13(18)17-15(14(19)20)7-3-4-8-15/h1-2,5-6H,3-4,7-8,10H2,(H,17,18)(H,19,20). The molecule has 1 saturated carbocycles. The summed E-state index contributed by atoms with van der Waals surface area (Å²) in [5, 5.41) is 20.8. The monoisotopic (exact) mass is 288 g/mol. The van der Waals surface area contributed by atoms with Gasteiger partial charge in [0.05, 0.1) is 5.56 Å². The van der Waals surface area contributed by atoms with Gasteiger partial charge in [0.25, 0.3) is 5.91 Å². The van der Waals surface area contributed by atoms with Crippen LogP contribution in [0, 0.1) is 11.3 Å². The minimum Gasteiger partial charge on any atom is -0.482 e. The molecule has 0 unspecified atom stereocenters. The van der Waals surface area contributed by atoms with Crippen molar-refractivity contribution in [1.82, 2.24) is 5.32 Å². The summed E-state index contributed by atoms with van der Waals surface area (Å²) in [6.07, 6.45) is 2.43. The summed E-state index contributed by atoms with van der Waals surface area (Å²) in [6.45, 7) is -0.312. The molecule has 1 fully saturated rings. The van der Waals surface area contributed by atoms with E-state index >= 15 is 0 Å². The maximum Gasteiger partial charge on any atom is 0.329 e. The fourth-order valence-corrected chi connectivity index (χ4v) is 2.50. The molecule has 21 heavy (non-hydrogen) atoms. The highest BCUT2D eigenvalue weighted by Crippen LogP contribution is 2.29. The summed E-state index contributed by atoms with van der Waals surface area (Å²) in [6, 6.07) is 8.54. The van der Waals surface area contributed by atoms with Gasteiger partial charge in [0.1, 0.15) is 17.4 Å². The second kappa shape index (κ2) is 6.27. The van der Waals surface area contributed by atoms with Crippen LogP contribution in [-0.2, 0) is 9.59 Å². The van der Waals surface area contributed by atoms with Gasteiger partial charge in [0, 0.05) is 0 Å². The second-order valence-corrected chi connectivity index (χ2v) is 5.04. The van der Waals surface area contributed by atoms with Crippen LogP contribution in [0.3, 0.4) is 0 Å². The van der Waals surface area contributed by atoms with E-state index in [9.17, 15) is 14.7 Å². The Bertz CT molecular complexity index is 586. The second-order valence-electron chi connectivity index (χ2n) is 5.04. The van der Waals surface area contributed by atoms with E-state index in [1.54, 1.807) is 24.3 Å². The molecule has 6 heteroatoms. The average molecular weight is 288 g/mol. The molecule has 0 aliphatic heterocycles. The van der Waals surface area contributed by atoms with Gasteiger partial charge in [-0.05, 0) is 25.0 Å². The predicted octanol–water partition coefficient (Wildman–Crippen LogP) is 1.45. The molecule has 2 rings (SSSR count). The van der Waals surface area contributed by atoms with Crippen LogP contribution in [0.4, 0.5) is 0 Å². The first-order chi connectivity index (χ1) is 10.1. The van der Waals surface area contributed by atoms with Crippen molar-refractivity contribution >= 4 is 11.9 Å². The van der Waals surface area contributed by atoms with E-state index < -0.39 is 17.4 Å². The third-order valence-corrected chi connectivity index (χ3v) is 3.61. The van der Waals surface area contributed by atoms with E-state index in [0.717, 1.165) is 12.8 Å². The van der Waals surface area contributed by atoms with Gasteiger partial charge in [-0.15, -0.1) is 0 Å². The van der Waals surface area contributed by atoms with Crippen LogP contribution in [0.5, 0.6) is 5.75 Å². The highest BCUT2D eigenvalue weighted by Gasteiger charge is 2.42. The summed E-state index contributed by atoms with van der Waals surface area (Å²) < 4.78 is 5.30. The van der Waals surface area contributed by atoms with Gasteiger partial charge in [-0.3, -0.25) is 4.79 Å². The van der Waals surface area contributed by atoms with Gasteiger partial charge in [-0.1, -0.05) is 25.0 Å². The Morgan fingerprint density at radius 3 is 2.62 bits per heavy atom. The molecular weight excluding hydrogens is 272 g/mol. The van der Waals surface area contributed by atoms with Gasteiger partial charge in [0.15, 0.2) is 6.61 Å². The topological polar surface area (TPSA) is 99.4 Å². The number of nitriles is 1. The van der Waals surface area contributed by atoms with Crippen LogP contribution in [0.1, 0.15) is 31.2 Å². The highest BCUT2D eigenvalue weighted by atomic mass is 16.5. The van der Waals surface area contributed by atoms with Crippen LogP contribution >= 0.6 is 0 Å². The van der Waals surface area contributed by atoms with Crippen molar-refractivity contribution in [1.29, 1.82) is 5.26 Å². The molecule has 1 aliphatic carbocycles. The maximum atomic E-state index is 11.9. The Morgan fingerprint density at radius 2 is 2.00 bits per heavy atom. The Labute approximate surface area is 122 Å². The van der Waals surface area contributed by atoms with Crippen molar-refractivity contribution in [3.05, 3.63) is 29.8 Å². The van der Waals surface area contributed by atoms with Gasteiger partial charge in [0.2, 0.25) is 0 Å². The van der Waals surface area contributed by atoms with Crippen LogP contribution in [-0.4, -0.2) is 29.1 Å². The van der Waals surface area contributed by atoms with Crippen molar-refractivity contribution < 1.29 is 19.4 Å². The third-order valence-electron chi connectivity index (χ3n) is 3.61. The first kappa shape index (κ1) is 14.9. The van der Waals surface area contributed by atoms with Crippen molar-refractivity contribution in [2.24, 2.45) is 0 Å². The lowest BCUT2D eigenvalue weighted by atomic mass is 9.98. The summed E-state index contributed by atoms with van der Waals surface area (Å²) in [5.74, 6) is -1.19. The molecule has 1 aliphatic rings. The molecule has 2 N–H and O–H groups in total. The van der Waals surface area contributed by atoms with Crippen molar-refractivity contribution in [3.8, 4) is 11.8 Å². The molecule has 0 atom stereocenters. The van der Waals surface area contributed by atoms with E-state index in [0.29, 0.717) is 24.2 Å². The predicted molar refractivity (Wildman–Crippen MR) is 73.6 cm³/mol. The lowest BCUT2D eigenvalue weighted by Gasteiger charge is -2.25. The molecule has 1 aromatic rings. The van der Waals surface area contributed by atoms with Crippen molar-refractivity contribution in [2.75, 3.05) is 6.61 Å². The Balaban J connectivity index is 1.96. The van der Waals surface area contributed by atoms with E-state index in [4.69, 9.17) is 10.00 Å². The average Bonchev–Trinajstić information content (AvgIpc) is 2.95. The number of aliphatic carboxylic acids is 1. The fraction of sp³-hybridized carbons (Fsp3) is 0.400. The highest BCUT2D eigenvalue weighted by molar-refractivity contribution is 5.88. The zero-order chi connectivity index (χ0) is 15.3. The smallest absolute Gasteiger partial charge is 0.329 e. The van der Waals surface area contributed by atoms with Crippen LogP contribution < -0.4 is 10.1 Å². The molecule has 0 aromatic heterocycles. The maximum absolute atomic E-state index is 11.9. The number of hydrogen-bond donors (Lipinski definition) is 2. The van der Waals surface area contributed by atoms with Crippen LogP contribution in [0.15, 0.2) is 24.3 Å². The normalized spacial score (nSPS) is 16.0. The van der Waals surface area contributed by atoms with Gasteiger partial charge in [-0.25, -0.2) is 4.79 Å². The number of amides is 1. The largest absolute Gasteiger partial charge is 0.482 e. The first-order valence-electron chi connectivity index (χ1n) is 6.74. The molecule has 0 spiro atoms. The van der Waals surface area contributed by atoms with E-state index in [-0.39, 0.29) is 6.61 Å². The zero-order valence-corrected chi connectivity index (χ0v) is 11.5. The summed E-state index contributed by atoms with van der Waals surface area (Å²) in [4.78, 5) is 23.2. The minimum absolute atomic E-state index is 0.311. The third kappa shape index (κ3) is 3.31. The van der Waals surface area contributed by atoms with Crippen molar-refractivity contribution in [3.63, 3.8) is 0 Å². The molecule has 0 radical (unpaired) electrons. The fourth-order valence-electron chi connectivity index (χ4n) is 2.50. The summed E-state index contributed by atoms with van der Waals surface area (Å²) in [7, 11) is 0. The molecule has 0 bridgehead atoms. The number of nitrogens with one attached hydrogen (secondary N) is 1. The number of carboxylic acid groups (broad SMARTS) is 1. The zero-order valence-electron chi connectivity index (χ0n) is 11.5. The van der Waals surface area contributed by atoms with Gasteiger partial charge in [-0.2, -0.15) is 5.26 Å². The number of carboxylic acids is 1. The van der Waals surface area contributed by atoms with E-state index in [1.165, 1.54) is 0 Å². The minimum atomic E-state index is -1.17. The first-order valence-corrected chi connectivity index (χ1v) is 6.74. The lowest BCUT2D eigenvalue weighted by molar-refractivity contribution is -0.147. The van der Waals surface area contributed by atoms with E-state index in [1.807, 2.05) is 6.07 Å². The number of rotatable bonds is 5. The molecule has 0 heterocycles. The van der Waals surface area contributed by atoms with Gasteiger partial charge < -0.3 is 15.2 Å². The van der Waals surface area contributed by atoms with Crippen LogP contribution in [0.2, 0.25) is 0 Å². The number of benzene rings is 1. The quantitative estimate of drug-likeness (QED) is 0.854. The number of para-hydroxylation sites is 1. The Kier molecular flexibility index (Phi) is 4.43. The molecule has 0 saturated heterocycles. The summed E-state index contributed by atoms with van der Waals surface area (Å²) >= 11 is 0. The number of carbonyl (C=O) groups is 2. The van der Waals surface area contributed by atoms with Crippen molar-refractivity contribution in [2.45, 2.75) is 31.2 Å². The lowest BCUT2D eigenvalue weighted by Crippen LogP contribution is -2.53. The molecular formula is C15H16N2O4. The Morgan fingerprint density at radius 1 is 1.33 bits per heavy atom. The molecule has 110 valence electrons. The SMILES string of the molecule is N#Cc1ccccc1OCC(=O)NC1(C(=O)O)CCCC1. The van der Waals surface area contributed by atoms with Gasteiger partial charge >= 0.3 is 5.97 Å². The number of hydrogen-bond acceptors (Lipinski definition) is 4. The molecule has 1 aromatic carbocycles. The molecule has 6 nitrogen and oxygen atoms in total. The molecule has 1 amide bonds. The van der Waals surface area contributed by atoms with E-state index in [2.05, 4.69) is 5.32 Å². The Hall–Kier alpha value is -2.55. The number of nitrogens with zero attached hydrogens (tertiary/aromatic N) is 1. The number of carbonyl (C=O) groups excluding carboxylic acids is 1. The number of ether oxygens (including phenoxy) is 1.